The van der Waals surface area contributed by atoms with Gasteiger partial charge in [0.15, 0.2) is 6.61 Å². The van der Waals surface area contributed by atoms with E-state index in [9.17, 15) is 0 Å². The molecule has 0 aliphatic heterocycles. The fraction of sp³-hybridized carbons (Fsp3) is 0.143. The molecule has 0 spiro atoms. The summed E-state index contributed by atoms with van der Waals surface area (Å²) in [4.78, 5) is 0. The number of hydrogen-bond donors (Lipinski definition) is 0. The molecule has 0 fully saturated rings. The molecule has 0 aromatic heterocycles. The quantitative estimate of drug-likeness (QED) is 0.577. The molecule has 0 aliphatic rings. The zero-order valence-electron chi connectivity index (χ0n) is 13.6. The normalized spacial score (nSPS) is 10.9. The van der Waals surface area contributed by atoms with Crippen molar-refractivity contribution in [2.24, 2.45) is 0 Å². The molecule has 0 atom stereocenters. The van der Waals surface area contributed by atoms with E-state index in [0.29, 0.717) is 0 Å². The highest BCUT2D eigenvalue weighted by atomic mass is 16.7. The molecule has 24 heavy (non-hydrogen) atoms. The van der Waals surface area contributed by atoms with Gasteiger partial charge in [-0.05, 0) is 36.4 Å². The molecular weight excluding hydrogens is 300 g/mol. The first kappa shape index (κ1) is 15.9. The van der Waals surface area contributed by atoms with E-state index in [1.165, 1.54) is 0 Å². The van der Waals surface area contributed by atoms with E-state index in [-0.39, 0.29) is 6.61 Å². The van der Waals surface area contributed by atoms with E-state index in [4.69, 9.17) is 14.2 Å². The molecule has 0 amide bonds. The average molecular weight is 320 g/mol. The standard InChI is InChI=1S/C21H20O3/c1-21(23-19-13-7-3-8-14-19,24-20-15-9-4-10-16-20)17-22-18-11-5-2-6-12-18/h2-16H,17H2,1H3. The van der Waals surface area contributed by atoms with Crippen molar-refractivity contribution in [2.45, 2.75) is 12.7 Å². The van der Waals surface area contributed by atoms with Gasteiger partial charge in [0.05, 0.1) is 0 Å². The van der Waals surface area contributed by atoms with E-state index in [2.05, 4.69) is 0 Å². The van der Waals surface area contributed by atoms with E-state index in [1.54, 1.807) is 0 Å². The lowest BCUT2D eigenvalue weighted by Crippen LogP contribution is -2.45. The zero-order valence-corrected chi connectivity index (χ0v) is 13.6. The molecule has 0 bridgehead atoms. The van der Waals surface area contributed by atoms with Gasteiger partial charge in [0.25, 0.3) is 5.79 Å². The summed E-state index contributed by atoms with van der Waals surface area (Å²) in [6.45, 7) is 2.12. The van der Waals surface area contributed by atoms with Crippen molar-refractivity contribution < 1.29 is 14.2 Å². The number of ether oxygens (including phenoxy) is 3. The fourth-order valence-corrected chi connectivity index (χ4v) is 2.29. The summed E-state index contributed by atoms with van der Waals surface area (Å²) in [6.07, 6.45) is 0. The third-order valence-electron chi connectivity index (χ3n) is 3.40. The van der Waals surface area contributed by atoms with Gasteiger partial charge < -0.3 is 14.2 Å². The van der Waals surface area contributed by atoms with Crippen LogP contribution in [0.5, 0.6) is 17.2 Å². The summed E-state index contributed by atoms with van der Waals surface area (Å²) in [5, 5.41) is 0. The highest BCUT2D eigenvalue weighted by molar-refractivity contribution is 5.25. The summed E-state index contributed by atoms with van der Waals surface area (Å²) in [5.74, 6) is 1.27. The number of rotatable bonds is 7. The van der Waals surface area contributed by atoms with Crippen LogP contribution in [0, 0.1) is 0 Å². The van der Waals surface area contributed by atoms with E-state index in [1.807, 2.05) is 97.9 Å². The smallest absolute Gasteiger partial charge is 0.282 e. The topological polar surface area (TPSA) is 27.7 Å². The van der Waals surface area contributed by atoms with Gasteiger partial charge in [-0.1, -0.05) is 54.6 Å². The zero-order chi connectivity index (χ0) is 16.7. The third-order valence-corrected chi connectivity index (χ3v) is 3.40. The SMILES string of the molecule is CC(COc1ccccc1)(Oc1ccccc1)Oc1ccccc1. The molecule has 3 nitrogen and oxygen atoms in total. The molecule has 0 radical (unpaired) electrons. The van der Waals surface area contributed by atoms with Gasteiger partial charge in [-0.25, -0.2) is 0 Å². The Morgan fingerprint density at radius 2 is 0.958 bits per heavy atom. The largest absolute Gasteiger partial charge is 0.485 e. The van der Waals surface area contributed by atoms with Gasteiger partial charge in [0.2, 0.25) is 0 Å². The molecule has 3 aromatic carbocycles. The van der Waals surface area contributed by atoms with Gasteiger partial charge in [-0.3, -0.25) is 0 Å². The van der Waals surface area contributed by atoms with Gasteiger partial charge in [0, 0.05) is 6.92 Å². The van der Waals surface area contributed by atoms with E-state index in [0.717, 1.165) is 17.2 Å². The van der Waals surface area contributed by atoms with Crippen LogP contribution in [0.25, 0.3) is 0 Å². The van der Waals surface area contributed by atoms with Crippen molar-refractivity contribution in [3.63, 3.8) is 0 Å². The molecule has 0 aliphatic carbocycles. The Morgan fingerprint density at radius 1 is 0.583 bits per heavy atom. The second-order valence-electron chi connectivity index (χ2n) is 5.57. The molecule has 0 unspecified atom stereocenters. The predicted molar refractivity (Wildman–Crippen MR) is 94.5 cm³/mol. The molecule has 0 saturated heterocycles. The minimum absolute atomic E-state index is 0.251. The first-order chi connectivity index (χ1) is 11.7. The Balaban J connectivity index is 1.76. The van der Waals surface area contributed by atoms with Crippen molar-refractivity contribution in [1.29, 1.82) is 0 Å². The summed E-state index contributed by atoms with van der Waals surface area (Å²) >= 11 is 0. The maximum absolute atomic E-state index is 6.08. The van der Waals surface area contributed by atoms with Crippen LogP contribution in [0.2, 0.25) is 0 Å². The van der Waals surface area contributed by atoms with Crippen molar-refractivity contribution in [3.05, 3.63) is 91.0 Å². The Kier molecular flexibility index (Phi) is 5.02. The molecule has 0 heterocycles. The minimum atomic E-state index is -0.960. The lowest BCUT2D eigenvalue weighted by atomic mass is 10.3. The van der Waals surface area contributed by atoms with Gasteiger partial charge in [-0.15, -0.1) is 0 Å². The van der Waals surface area contributed by atoms with Crippen LogP contribution in [-0.2, 0) is 0 Å². The predicted octanol–water partition coefficient (Wildman–Crippen LogP) is 4.94. The monoisotopic (exact) mass is 320 g/mol. The Bertz CT molecular complexity index is 685. The molecule has 3 heteroatoms. The summed E-state index contributed by atoms with van der Waals surface area (Å²) in [6, 6.07) is 28.8. The number of para-hydroxylation sites is 3. The third kappa shape index (κ3) is 4.53. The first-order valence-corrected chi connectivity index (χ1v) is 7.89. The molecule has 0 saturated carbocycles. The van der Waals surface area contributed by atoms with Crippen molar-refractivity contribution in [2.75, 3.05) is 6.61 Å². The Hall–Kier alpha value is -2.94. The molecule has 122 valence electrons. The number of hydrogen-bond acceptors (Lipinski definition) is 3. The van der Waals surface area contributed by atoms with Crippen LogP contribution in [0.4, 0.5) is 0 Å². The Morgan fingerprint density at radius 3 is 1.38 bits per heavy atom. The number of benzene rings is 3. The Labute approximate surface area is 142 Å². The van der Waals surface area contributed by atoms with Crippen molar-refractivity contribution >= 4 is 0 Å². The molecule has 3 aromatic rings. The van der Waals surface area contributed by atoms with Crippen LogP contribution < -0.4 is 14.2 Å². The maximum Gasteiger partial charge on any atom is 0.282 e. The lowest BCUT2D eigenvalue weighted by Gasteiger charge is -2.31. The van der Waals surface area contributed by atoms with E-state index < -0.39 is 5.79 Å². The van der Waals surface area contributed by atoms with Gasteiger partial charge in [-0.2, -0.15) is 0 Å². The van der Waals surface area contributed by atoms with Crippen LogP contribution >= 0.6 is 0 Å². The van der Waals surface area contributed by atoms with Crippen molar-refractivity contribution in [3.8, 4) is 17.2 Å². The first-order valence-electron chi connectivity index (χ1n) is 7.89. The highest BCUT2D eigenvalue weighted by Crippen LogP contribution is 2.24. The van der Waals surface area contributed by atoms with Crippen LogP contribution in [0.15, 0.2) is 91.0 Å². The van der Waals surface area contributed by atoms with Gasteiger partial charge >= 0.3 is 0 Å². The fourth-order valence-electron chi connectivity index (χ4n) is 2.29. The molecule has 0 N–H and O–H groups in total. The van der Waals surface area contributed by atoms with Crippen molar-refractivity contribution in [1.82, 2.24) is 0 Å². The second-order valence-corrected chi connectivity index (χ2v) is 5.57. The van der Waals surface area contributed by atoms with E-state index >= 15 is 0 Å². The summed E-state index contributed by atoms with van der Waals surface area (Å²) in [7, 11) is 0. The van der Waals surface area contributed by atoms with Crippen LogP contribution in [0.1, 0.15) is 6.92 Å². The molecule has 3 rings (SSSR count). The van der Waals surface area contributed by atoms with Gasteiger partial charge in [0.1, 0.15) is 17.2 Å². The van der Waals surface area contributed by atoms with Crippen LogP contribution in [0.3, 0.4) is 0 Å². The highest BCUT2D eigenvalue weighted by Gasteiger charge is 2.30. The molecular formula is C21H20O3. The van der Waals surface area contributed by atoms with Crippen LogP contribution in [-0.4, -0.2) is 12.4 Å². The second kappa shape index (κ2) is 7.55. The summed E-state index contributed by atoms with van der Waals surface area (Å²) in [5.41, 5.74) is 0. The lowest BCUT2D eigenvalue weighted by molar-refractivity contribution is -0.123. The summed E-state index contributed by atoms with van der Waals surface area (Å²) < 4.78 is 18.0. The minimum Gasteiger partial charge on any atom is -0.485 e. The maximum atomic E-state index is 6.08. The average Bonchev–Trinajstić information content (AvgIpc) is 2.63.